The van der Waals surface area contributed by atoms with Crippen LogP contribution in [0.15, 0.2) is 34.6 Å². The van der Waals surface area contributed by atoms with Crippen molar-refractivity contribution in [3.05, 3.63) is 34.6 Å². The molecule has 0 spiro atoms. The number of fused-ring (bicyclic) bond motifs is 4. The molecule has 0 bridgehead atoms. The van der Waals surface area contributed by atoms with Gasteiger partial charge in [-0.3, -0.25) is 14.4 Å². The molecule has 0 aromatic heterocycles. The van der Waals surface area contributed by atoms with Crippen molar-refractivity contribution in [2.45, 2.75) is 119 Å². The van der Waals surface area contributed by atoms with E-state index in [0.717, 1.165) is 43.3 Å². The summed E-state index contributed by atoms with van der Waals surface area (Å²) in [5.74, 6) is -3.56. The maximum Gasteiger partial charge on any atom is 0.307 e. The number of carbonyl (C=O) groups is 3. The van der Waals surface area contributed by atoms with Crippen LogP contribution in [-0.2, 0) is 19.1 Å². The number of carboxylic acids is 2. The van der Waals surface area contributed by atoms with E-state index in [1.807, 2.05) is 13.8 Å². The highest BCUT2D eigenvalue weighted by molar-refractivity contribution is 5.78. The minimum atomic E-state index is -1.18. The molecule has 0 radical (unpaired) electrons. The lowest BCUT2D eigenvalue weighted by atomic mass is 9.42. The summed E-state index contributed by atoms with van der Waals surface area (Å²) >= 11 is 0. The Bertz CT molecular complexity index is 1260. The first-order valence-corrected chi connectivity index (χ1v) is 16.5. The van der Waals surface area contributed by atoms with Gasteiger partial charge in [0.2, 0.25) is 0 Å². The van der Waals surface area contributed by atoms with E-state index in [-0.39, 0.29) is 23.2 Å². The van der Waals surface area contributed by atoms with Crippen molar-refractivity contribution < 1.29 is 39.5 Å². The standard InChI is InChI=1S/C36H54O8/c1-19(2)22(18-44-21(4)37)10-9-20(3)25-12-13-26-23-11-14-29-34(5,6)31(24(33(42)43)15-30(40)41)27(38)17-36(29,8)32(23)28(39)16-35(25,26)7/h13,18-20,24-25,27-29,31,38-39H,9-12,14-17H2,1-8H3,(H,40,41)(H,42,43)/t20-,24?,25-,27-,28+,29?,31+,35-,36+/m1/s1. The lowest BCUT2D eigenvalue weighted by Gasteiger charge is -2.62. The van der Waals surface area contributed by atoms with Gasteiger partial charge >= 0.3 is 17.9 Å². The number of carboxylic acid groups (broad SMARTS) is 2. The van der Waals surface area contributed by atoms with Crippen LogP contribution in [0.5, 0.6) is 0 Å². The van der Waals surface area contributed by atoms with E-state index in [1.165, 1.54) is 18.1 Å². The van der Waals surface area contributed by atoms with Gasteiger partial charge in [0, 0.05) is 12.8 Å². The Morgan fingerprint density at radius 1 is 1.05 bits per heavy atom. The molecule has 0 heterocycles. The van der Waals surface area contributed by atoms with Crippen molar-refractivity contribution in [3.63, 3.8) is 0 Å². The van der Waals surface area contributed by atoms with E-state index in [1.54, 1.807) is 6.26 Å². The molecule has 246 valence electrons. The zero-order valence-electron chi connectivity index (χ0n) is 27.9. The van der Waals surface area contributed by atoms with E-state index >= 15 is 0 Å². The molecule has 4 aliphatic rings. The van der Waals surface area contributed by atoms with Gasteiger partial charge in [-0.15, -0.1) is 0 Å². The highest BCUT2D eigenvalue weighted by atomic mass is 16.5. The number of esters is 1. The average molecular weight is 615 g/mol. The van der Waals surface area contributed by atoms with Crippen LogP contribution in [0.25, 0.3) is 0 Å². The van der Waals surface area contributed by atoms with Crippen molar-refractivity contribution in [1.29, 1.82) is 0 Å². The second-order valence-corrected chi connectivity index (χ2v) is 15.6. The largest absolute Gasteiger partial charge is 0.481 e. The molecule has 1 saturated carbocycles. The Labute approximate surface area is 262 Å². The Balaban J connectivity index is 1.62. The fraction of sp³-hybridized carbons (Fsp3) is 0.750. The third-order valence-corrected chi connectivity index (χ3v) is 12.3. The van der Waals surface area contributed by atoms with Gasteiger partial charge in [0.25, 0.3) is 0 Å². The van der Waals surface area contributed by atoms with E-state index in [4.69, 9.17) is 4.74 Å². The number of hydrogen-bond acceptors (Lipinski definition) is 6. The molecule has 8 nitrogen and oxygen atoms in total. The summed E-state index contributed by atoms with van der Waals surface area (Å²) in [6, 6.07) is 0. The number of aliphatic carboxylic acids is 2. The molecule has 1 fully saturated rings. The van der Waals surface area contributed by atoms with Crippen molar-refractivity contribution in [3.8, 4) is 0 Å². The molecule has 4 rings (SSSR count). The van der Waals surface area contributed by atoms with Gasteiger partial charge < -0.3 is 25.2 Å². The highest BCUT2D eigenvalue weighted by Gasteiger charge is 2.63. The number of hydrogen-bond donors (Lipinski definition) is 4. The smallest absolute Gasteiger partial charge is 0.307 e. The molecule has 0 aromatic rings. The van der Waals surface area contributed by atoms with Gasteiger partial charge in [-0.25, -0.2) is 0 Å². The number of aliphatic hydroxyl groups is 2. The summed E-state index contributed by atoms with van der Waals surface area (Å²) in [7, 11) is 0. The molecular formula is C36H54O8. The number of rotatable bonds is 10. The van der Waals surface area contributed by atoms with Crippen molar-refractivity contribution in [1.82, 2.24) is 0 Å². The summed E-state index contributed by atoms with van der Waals surface area (Å²) in [6.45, 7) is 16.3. The topological polar surface area (TPSA) is 141 Å². The van der Waals surface area contributed by atoms with E-state index in [0.29, 0.717) is 24.7 Å². The molecule has 44 heavy (non-hydrogen) atoms. The molecule has 8 heteroatoms. The molecule has 0 saturated heterocycles. The average Bonchev–Trinajstić information content (AvgIpc) is 3.22. The molecule has 0 aliphatic heterocycles. The third-order valence-electron chi connectivity index (χ3n) is 12.3. The van der Waals surface area contributed by atoms with Gasteiger partial charge in [-0.05, 0) is 107 Å². The molecule has 2 unspecified atom stereocenters. The summed E-state index contributed by atoms with van der Waals surface area (Å²) in [6.07, 6.45) is 7.02. The maximum atomic E-state index is 12.3. The first-order valence-electron chi connectivity index (χ1n) is 16.5. The van der Waals surface area contributed by atoms with Crippen LogP contribution in [0.2, 0.25) is 0 Å². The molecule has 9 atom stereocenters. The van der Waals surface area contributed by atoms with Crippen LogP contribution in [0, 0.1) is 51.8 Å². The lowest BCUT2D eigenvalue weighted by Crippen LogP contribution is -2.60. The first kappa shape index (κ1) is 34.4. The highest BCUT2D eigenvalue weighted by Crippen LogP contribution is 2.68. The molecule has 0 amide bonds. The van der Waals surface area contributed by atoms with Crippen LogP contribution < -0.4 is 0 Å². The zero-order valence-corrected chi connectivity index (χ0v) is 27.9. The number of ether oxygens (including phenoxy) is 1. The third kappa shape index (κ3) is 5.93. The van der Waals surface area contributed by atoms with Gasteiger partial charge in [0.1, 0.15) is 0 Å². The van der Waals surface area contributed by atoms with Crippen LogP contribution in [0.1, 0.15) is 107 Å². The predicted octanol–water partition coefficient (Wildman–Crippen LogP) is 6.52. The van der Waals surface area contributed by atoms with E-state index < -0.39 is 53.2 Å². The Kier molecular flexibility index (Phi) is 9.69. The van der Waals surface area contributed by atoms with Crippen LogP contribution in [-0.4, -0.2) is 50.5 Å². The van der Waals surface area contributed by atoms with Crippen LogP contribution >= 0.6 is 0 Å². The molecule has 0 aromatic carbocycles. The summed E-state index contributed by atoms with van der Waals surface area (Å²) in [4.78, 5) is 35.2. The Hall–Kier alpha value is -2.45. The molecule has 4 aliphatic carbocycles. The van der Waals surface area contributed by atoms with E-state index in [2.05, 4.69) is 40.7 Å². The van der Waals surface area contributed by atoms with Gasteiger partial charge in [-0.2, -0.15) is 0 Å². The number of carbonyl (C=O) groups excluding carboxylic acids is 1. The Morgan fingerprint density at radius 2 is 1.70 bits per heavy atom. The Morgan fingerprint density at radius 3 is 2.27 bits per heavy atom. The molecular weight excluding hydrogens is 560 g/mol. The molecule has 4 N–H and O–H groups in total. The second-order valence-electron chi connectivity index (χ2n) is 15.6. The number of allylic oxidation sites excluding steroid dienone is 4. The normalized spacial score (nSPS) is 36.1. The zero-order chi connectivity index (χ0) is 32.9. The summed E-state index contributed by atoms with van der Waals surface area (Å²) in [5, 5.41) is 43.0. The predicted molar refractivity (Wildman–Crippen MR) is 167 cm³/mol. The van der Waals surface area contributed by atoms with Crippen LogP contribution in [0.3, 0.4) is 0 Å². The van der Waals surface area contributed by atoms with E-state index in [9.17, 15) is 34.8 Å². The minimum absolute atomic E-state index is 0.00742. The van der Waals surface area contributed by atoms with Crippen molar-refractivity contribution >= 4 is 17.9 Å². The summed E-state index contributed by atoms with van der Waals surface area (Å²) in [5.41, 5.74) is 3.31. The maximum absolute atomic E-state index is 12.3. The van der Waals surface area contributed by atoms with Gasteiger partial charge in [0.05, 0.1) is 30.8 Å². The van der Waals surface area contributed by atoms with Gasteiger partial charge in [-0.1, -0.05) is 54.5 Å². The quantitative estimate of drug-likeness (QED) is 0.161. The first-order chi connectivity index (χ1) is 20.4. The second kappa shape index (κ2) is 12.4. The fourth-order valence-corrected chi connectivity index (χ4v) is 10.5. The lowest BCUT2D eigenvalue weighted by molar-refractivity contribution is -0.171. The van der Waals surface area contributed by atoms with Crippen molar-refractivity contribution in [2.24, 2.45) is 51.8 Å². The van der Waals surface area contributed by atoms with Crippen molar-refractivity contribution in [2.75, 3.05) is 0 Å². The van der Waals surface area contributed by atoms with Crippen LogP contribution in [0.4, 0.5) is 0 Å². The SMILES string of the molecule is CC(=O)OC=C(CC[C@@H](C)[C@H]1CC=C2C3=C([C@@H](O)C[C@@]21C)[C@@]1(C)C[C@@H](O)[C@H](C(CC(=O)O)C(=O)O)C(C)(C)C1CC3)C(C)C. The summed E-state index contributed by atoms with van der Waals surface area (Å²) < 4.78 is 5.20. The minimum Gasteiger partial charge on any atom is -0.481 e. The monoisotopic (exact) mass is 614 g/mol. The van der Waals surface area contributed by atoms with Gasteiger partial charge in [0.15, 0.2) is 0 Å². The fourth-order valence-electron chi connectivity index (χ4n) is 10.5. The number of aliphatic hydroxyl groups excluding tert-OH is 2.